The van der Waals surface area contributed by atoms with Crippen molar-refractivity contribution in [3.63, 3.8) is 0 Å². The summed E-state index contributed by atoms with van der Waals surface area (Å²) >= 11 is 5.74. The number of esters is 1. The number of hydrogen-bond donors (Lipinski definition) is 0. The lowest BCUT2D eigenvalue weighted by Crippen LogP contribution is -2.25. The number of ether oxygens (including phenoxy) is 2. The Labute approximate surface area is 125 Å². The molecule has 0 amide bonds. The van der Waals surface area contributed by atoms with Gasteiger partial charge < -0.3 is 13.9 Å². The second kappa shape index (κ2) is 5.50. The van der Waals surface area contributed by atoms with E-state index in [2.05, 4.69) is 0 Å². The van der Waals surface area contributed by atoms with Gasteiger partial charge in [0.15, 0.2) is 6.10 Å². The molecule has 2 aromatic rings. The summed E-state index contributed by atoms with van der Waals surface area (Å²) in [5.74, 6) is -0.0697. The molecule has 1 unspecified atom stereocenters. The van der Waals surface area contributed by atoms with E-state index in [1.807, 2.05) is 0 Å². The van der Waals surface area contributed by atoms with Crippen LogP contribution in [0.2, 0.25) is 5.02 Å². The summed E-state index contributed by atoms with van der Waals surface area (Å²) in [5, 5.41) is 0.378. The van der Waals surface area contributed by atoms with Crippen LogP contribution in [0.15, 0.2) is 27.6 Å². The smallest absolute Gasteiger partial charge is 0.340 e. The maximum Gasteiger partial charge on any atom is 0.340 e. The van der Waals surface area contributed by atoms with Crippen molar-refractivity contribution in [2.75, 3.05) is 6.61 Å². The predicted octanol–water partition coefficient (Wildman–Crippen LogP) is 2.84. The molecule has 1 fully saturated rings. The first-order valence-corrected chi connectivity index (χ1v) is 6.99. The monoisotopic (exact) mass is 308 g/mol. The third-order valence-electron chi connectivity index (χ3n) is 3.50. The minimum absolute atomic E-state index is 0.0194. The number of carbonyl (C=O) groups excluding carboxylic acids is 1. The van der Waals surface area contributed by atoms with Crippen LogP contribution in [0.3, 0.4) is 0 Å². The molecule has 1 aliphatic rings. The molecule has 1 aliphatic heterocycles. The summed E-state index contributed by atoms with van der Waals surface area (Å²) in [6, 6.07) is 3.11. The maximum absolute atomic E-state index is 12.0. The van der Waals surface area contributed by atoms with Crippen LogP contribution < -0.4 is 10.2 Å². The fraction of sp³-hybridized carbons (Fsp3) is 0.333. The van der Waals surface area contributed by atoms with Crippen molar-refractivity contribution >= 4 is 28.5 Å². The number of hydrogen-bond acceptors (Lipinski definition) is 5. The average Bonchev–Trinajstić information content (AvgIpc) is 3.00. The minimum atomic E-state index is -0.516. The van der Waals surface area contributed by atoms with Crippen LogP contribution in [0.5, 0.6) is 5.75 Å². The Morgan fingerprint density at radius 3 is 2.95 bits per heavy atom. The van der Waals surface area contributed by atoms with Gasteiger partial charge in [0.2, 0.25) is 5.43 Å². The Morgan fingerprint density at radius 2 is 2.24 bits per heavy atom. The van der Waals surface area contributed by atoms with Crippen molar-refractivity contribution in [2.45, 2.75) is 25.9 Å². The lowest BCUT2D eigenvalue weighted by molar-refractivity contribution is -0.144. The molecular formula is C15H13ClO5. The molecular weight excluding hydrogens is 296 g/mol. The molecule has 110 valence electrons. The third-order valence-corrected chi connectivity index (χ3v) is 3.76. The van der Waals surface area contributed by atoms with E-state index < -0.39 is 12.1 Å². The quantitative estimate of drug-likeness (QED) is 0.630. The zero-order chi connectivity index (χ0) is 15.0. The number of aryl methyl sites for hydroxylation is 1. The van der Waals surface area contributed by atoms with Gasteiger partial charge in [-0.3, -0.25) is 4.79 Å². The Kier molecular flexibility index (Phi) is 3.69. The third kappa shape index (κ3) is 2.54. The molecule has 0 spiro atoms. The molecule has 1 atom stereocenters. The summed E-state index contributed by atoms with van der Waals surface area (Å²) in [7, 11) is 0. The van der Waals surface area contributed by atoms with Gasteiger partial charge in [-0.05, 0) is 31.9 Å². The van der Waals surface area contributed by atoms with Crippen molar-refractivity contribution in [1.29, 1.82) is 0 Å². The Bertz CT molecular complexity index is 758. The second-order valence-corrected chi connectivity index (χ2v) is 5.31. The Morgan fingerprint density at radius 1 is 1.43 bits per heavy atom. The lowest BCUT2D eigenvalue weighted by atomic mass is 10.1. The van der Waals surface area contributed by atoms with Crippen molar-refractivity contribution < 1.29 is 18.7 Å². The first kappa shape index (κ1) is 14.1. The van der Waals surface area contributed by atoms with Crippen LogP contribution in [-0.2, 0) is 9.53 Å². The summed E-state index contributed by atoms with van der Waals surface area (Å²) in [6.07, 6.45) is 2.18. The van der Waals surface area contributed by atoms with Gasteiger partial charge in [-0.25, -0.2) is 4.79 Å². The van der Waals surface area contributed by atoms with Crippen molar-refractivity contribution in [3.8, 4) is 5.75 Å². The van der Waals surface area contributed by atoms with Gasteiger partial charge >= 0.3 is 5.97 Å². The summed E-state index contributed by atoms with van der Waals surface area (Å²) in [5.41, 5.74) is 0.632. The van der Waals surface area contributed by atoms with Gasteiger partial charge in [0.1, 0.15) is 22.6 Å². The summed E-state index contributed by atoms with van der Waals surface area (Å²) < 4.78 is 16.0. The highest BCUT2D eigenvalue weighted by molar-refractivity contribution is 6.30. The number of carbonyl (C=O) groups is 1. The zero-order valence-corrected chi connectivity index (χ0v) is 12.1. The first-order valence-electron chi connectivity index (χ1n) is 6.62. The number of benzene rings is 1. The molecule has 0 saturated carbocycles. The van der Waals surface area contributed by atoms with Gasteiger partial charge in [-0.1, -0.05) is 11.6 Å². The number of halogens is 1. The Hall–Kier alpha value is -1.85. The van der Waals surface area contributed by atoms with Crippen molar-refractivity contribution in [1.82, 2.24) is 0 Å². The minimum Gasteiger partial charge on any atom is -0.462 e. The highest BCUT2D eigenvalue weighted by atomic mass is 35.5. The predicted molar refractivity (Wildman–Crippen MR) is 76.8 cm³/mol. The molecule has 0 bridgehead atoms. The van der Waals surface area contributed by atoms with Crippen LogP contribution in [0, 0.1) is 6.92 Å². The SMILES string of the molecule is Cc1c(OC(=O)C2CCCO2)ccc2c(=O)c(Cl)coc12. The Balaban J connectivity index is 1.97. The second-order valence-electron chi connectivity index (χ2n) is 4.90. The molecule has 3 rings (SSSR count). The van der Waals surface area contributed by atoms with Gasteiger partial charge in [0.25, 0.3) is 0 Å². The standard InChI is InChI=1S/C15H13ClO5/c1-8-11(21-15(18)12-3-2-6-19-12)5-4-9-13(17)10(16)7-20-14(8)9/h4-5,7,12H,2-3,6H2,1H3. The molecule has 2 heterocycles. The molecule has 1 aromatic heterocycles. The molecule has 0 aliphatic carbocycles. The molecule has 6 heteroatoms. The topological polar surface area (TPSA) is 65.7 Å². The fourth-order valence-electron chi connectivity index (χ4n) is 2.35. The normalized spacial score (nSPS) is 18.1. The van der Waals surface area contributed by atoms with Crippen LogP contribution in [0.25, 0.3) is 11.0 Å². The summed E-state index contributed by atoms with van der Waals surface area (Å²) in [4.78, 5) is 23.9. The van der Waals surface area contributed by atoms with Gasteiger partial charge in [-0.15, -0.1) is 0 Å². The van der Waals surface area contributed by atoms with E-state index >= 15 is 0 Å². The fourth-order valence-corrected chi connectivity index (χ4v) is 2.49. The van der Waals surface area contributed by atoms with Gasteiger partial charge in [0.05, 0.1) is 5.39 Å². The largest absolute Gasteiger partial charge is 0.462 e. The van der Waals surface area contributed by atoms with Crippen molar-refractivity contribution in [3.05, 3.63) is 39.2 Å². The van der Waals surface area contributed by atoms with E-state index in [9.17, 15) is 9.59 Å². The average molecular weight is 309 g/mol. The number of rotatable bonds is 2. The van der Waals surface area contributed by atoms with E-state index in [0.29, 0.717) is 35.3 Å². The summed E-state index contributed by atoms with van der Waals surface area (Å²) in [6.45, 7) is 2.29. The van der Waals surface area contributed by atoms with E-state index in [4.69, 9.17) is 25.5 Å². The van der Waals surface area contributed by atoms with E-state index in [1.165, 1.54) is 12.3 Å². The lowest BCUT2D eigenvalue weighted by Gasteiger charge is -2.12. The van der Waals surface area contributed by atoms with Crippen LogP contribution >= 0.6 is 11.6 Å². The van der Waals surface area contributed by atoms with E-state index in [1.54, 1.807) is 13.0 Å². The van der Waals surface area contributed by atoms with Crippen LogP contribution in [0.4, 0.5) is 0 Å². The molecule has 21 heavy (non-hydrogen) atoms. The molecule has 1 saturated heterocycles. The van der Waals surface area contributed by atoms with E-state index in [-0.39, 0.29) is 10.5 Å². The van der Waals surface area contributed by atoms with E-state index in [0.717, 1.165) is 6.42 Å². The molecule has 5 nitrogen and oxygen atoms in total. The van der Waals surface area contributed by atoms with Gasteiger partial charge in [0, 0.05) is 12.2 Å². The first-order chi connectivity index (χ1) is 10.1. The highest BCUT2D eigenvalue weighted by Gasteiger charge is 2.26. The van der Waals surface area contributed by atoms with Crippen LogP contribution in [0.1, 0.15) is 18.4 Å². The molecule has 0 radical (unpaired) electrons. The maximum atomic E-state index is 12.0. The van der Waals surface area contributed by atoms with Gasteiger partial charge in [-0.2, -0.15) is 0 Å². The molecule has 1 aromatic carbocycles. The van der Waals surface area contributed by atoms with Crippen LogP contribution in [-0.4, -0.2) is 18.7 Å². The zero-order valence-electron chi connectivity index (χ0n) is 11.3. The number of fused-ring (bicyclic) bond motifs is 1. The molecule has 0 N–H and O–H groups in total. The highest BCUT2D eigenvalue weighted by Crippen LogP contribution is 2.27. The van der Waals surface area contributed by atoms with Crippen molar-refractivity contribution in [2.24, 2.45) is 0 Å².